The molecule has 0 aliphatic heterocycles. The van der Waals surface area contributed by atoms with E-state index in [0.717, 1.165) is 0 Å². The first kappa shape index (κ1) is 8.01. The van der Waals surface area contributed by atoms with Gasteiger partial charge in [-0.3, -0.25) is 4.79 Å². The molecule has 0 aromatic carbocycles. The Labute approximate surface area is 54.5 Å². The zero-order chi connectivity index (χ0) is 7.28. The van der Waals surface area contributed by atoms with Crippen molar-refractivity contribution in [3.8, 4) is 0 Å². The Bertz CT molecular complexity index is 129. The molecule has 0 heterocycles. The van der Waals surface area contributed by atoms with Gasteiger partial charge in [0.15, 0.2) is 0 Å². The van der Waals surface area contributed by atoms with Gasteiger partial charge < -0.3 is 10.5 Å². The number of carbonyl (C=O) groups is 1. The number of rotatable bonds is 2. The van der Waals surface area contributed by atoms with Gasteiger partial charge >= 0.3 is 5.97 Å². The van der Waals surface area contributed by atoms with Crippen molar-refractivity contribution in [1.29, 1.82) is 0 Å². The first-order valence-electron chi connectivity index (χ1n) is 2.68. The molecular formula is C6H11NO2. The second-order valence-electron chi connectivity index (χ2n) is 1.62. The monoisotopic (exact) mass is 129 g/mol. The first-order valence-corrected chi connectivity index (χ1v) is 2.68. The average molecular weight is 129 g/mol. The van der Waals surface area contributed by atoms with Gasteiger partial charge in [0.2, 0.25) is 0 Å². The summed E-state index contributed by atoms with van der Waals surface area (Å²) in [6.45, 7) is 1.78. The number of methoxy groups -OCH3 is 1. The van der Waals surface area contributed by atoms with Gasteiger partial charge in [0, 0.05) is 5.70 Å². The fraction of sp³-hybridized carbons (Fsp3) is 0.500. The maximum atomic E-state index is 10.4. The van der Waals surface area contributed by atoms with Crippen LogP contribution in [0.3, 0.4) is 0 Å². The zero-order valence-corrected chi connectivity index (χ0v) is 5.68. The van der Waals surface area contributed by atoms with E-state index in [9.17, 15) is 4.79 Å². The largest absolute Gasteiger partial charge is 0.469 e. The molecule has 0 fully saturated rings. The molecule has 9 heavy (non-hydrogen) atoms. The topological polar surface area (TPSA) is 52.3 Å². The SMILES string of the molecule is CC=C(N)CC(=O)OC. The summed E-state index contributed by atoms with van der Waals surface area (Å²) in [6, 6.07) is 0. The van der Waals surface area contributed by atoms with E-state index in [1.165, 1.54) is 7.11 Å². The van der Waals surface area contributed by atoms with Crippen molar-refractivity contribution < 1.29 is 9.53 Å². The molecular weight excluding hydrogens is 118 g/mol. The molecule has 0 unspecified atom stereocenters. The summed E-state index contributed by atoms with van der Waals surface area (Å²) >= 11 is 0. The third kappa shape index (κ3) is 3.58. The van der Waals surface area contributed by atoms with Crippen LogP contribution >= 0.6 is 0 Å². The molecule has 52 valence electrons. The summed E-state index contributed by atoms with van der Waals surface area (Å²) in [7, 11) is 1.34. The minimum absolute atomic E-state index is 0.188. The van der Waals surface area contributed by atoms with Crippen LogP contribution in [0, 0.1) is 0 Å². The molecule has 3 nitrogen and oxygen atoms in total. The third-order valence-electron chi connectivity index (χ3n) is 0.947. The number of esters is 1. The van der Waals surface area contributed by atoms with Gasteiger partial charge in [0.1, 0.15) is 0 Å². The molecule has 0 atom stereocenters. The molecule has 0 amide bonds. The van der Waals surface area contributed by atoms with E-state index in [2.05, 4.69) is 4.74 Å². The number of carbonyl (C=O) groups excluding carboxylic acids is 1. The molecule has 0 rings (SSSR count). The van der Waals surface area contributed by atoms with E-state index in [0.29, 0.717) is 5.70 Å². The number of allylic oxidation sites excluding steroid dienone is 1. The quantitative estimate of drug-likeness (QED) is 0.549. The summed E-state index contributed by atoms with van der Waals surface area (Å²) in [4.78, 5) is 10.4. The van der Waals surface area contributed by atoms with Crippen molar-refractivity contribution in [1.82, 2.24) is 0 Å². The lowest BCUT2D eigenvalue weighted by Crippen LogP contribution is -2.06. The highest BCUT2D eigenvalue weighted by Crippen LogP contribution is 1.92. The molecule has 2 N–H and O–H groups in total. The molecule has 0 aliphatic rings. The van der Waals surface area contributed by atoms with Crippen molar-refractivity contribution in [3.63, 3.8) is 0 Å². The lowest BCUT2D eigenvalue weighted by Gasteiger charge is -1.96. The van der Waals surface area contributed by atoms with Gasteiger partial charge in [-0.1, -0.05) is 6.08 Å². The van der Waals surface area contributed by atoms with Gasteiger partial charge in [-0.15, -0.1) is 0 Å². The minimum Gasteiger partial charge on any atom is -0.469 e. The summed E-state index contributed by atoms with van der Waals surface area (Å²) in [5, 5.41) is 0. The van der Waals surface area contributed by atoms with Crippen molar-refractivity contribution in [2.45, 2.75) is 13.3 Å². The van der Waals surface area contributed by atoms with Gasteiger partial charge in [0.25, 0.3) is 0 Å². The summed E-state index contributed by atoms with van der Waals surface area (Å²) in [5.41, 5.74) is 5.85. The molecule has 0 aromatic heterocycles. The molecule has 0 aromatic rings. The van der Waals surface area contributed by atoms with Crippen LogP contribution in [0.4, 0.5) is 0 Å². The molecule has 0 saturated carbocycles. The molecule has 0 spiro atoms. The van der Waals surface area contributed by atoms with Gasteiger partial charge in [-0.05, 0) is 6.92 Å². The molecule has 3 heteroatoms. The Morgan fingerprint density at radius 3 is 2.67 bits per heavy atom. The number of hydrogen-bond acceptors (Lipinski definition) is 3. The fourth-order valence-electron chi connectivity index (χ4n) is 0.341. The van der Waals surface area contributed by atoms with Crippen LogP contribution in [0.15, 0.2) is 11.8 Å². The molecule has 0 saturated heterocycles. The van der Waals surface area contributed by atoms with Crippen molar-refractivity contribution >= 4 is 5.97 Å². The van der Waals surface area contributed by atoms with Crippen molar-refractivity contribution in [2.75, 3.05) is 7.11 Å². The first-order chi connectivity index (χ1) is 4.20. The maximum Gasteiger partial charge on any atom is 0.311 e. The highest BCUT2D eigenvalue weighted by molar-refractivity contribution is 5.71. The van der Waals surface area contributed by atoms with Gasteiger partial charge in [-0.25, -0.2) is 0 Å². The Hall–Kier alpha value is -0.990. The molecule has 0 radical (unpaired) electrons. The minimum atomic E-state index is -0.300. The van der Waals surface area contributed by atoms with E-state index in [4.69, 9.17) is 5.73 Å². The predicted molar refractivity (Wildman–Crippen MR) is 34.6 cm³/mol. The van der Waals surface area contributed by atoms with Crippen LogP contribution in [0.25, 0.3) is 0 Å². The van der Waals surface area contributed by atoms with Crippen LogP contribution in [0.1, 0.15) is 13.3 Å². The lowest BCUT2D eigenvalue weighted by atomic mass is 10.3. The molecule has 0 aliphatic carbocycles. The van der Waals surface area contributed by atoms with Gasteiger partial charge in [-0.2, -0.15) is 0 Å². The third-order valence-corrected chi connectivity index (χ3v) is 0.947. The van der Waals surface area contributed by atoms with Crippen molar-refractivity contribution in [3.05, 3.63) is 11.8 Å². The number of nitrogens with two attached hydrogens (primary N) is 1. The highest BCUT2D eigenvalue weighted by Gasteiger charge is 1.98. The van der Waals surface area contributed by atoms with E-state index < -0.39 is 0 Å². The second kappa shape index (κ2) is 3.95. The standard InChI is InChI=1S/C6H11NO2/c1-3-5(7)4-6(8)9-2/h3H,4,7H2,1-2H3. The predicted octanol–water partition coefficient (Wildman–Crippen LogP) is 0.412. The summed E-state index contributed by atoms with van der Waals surface area (Å²) in [6.07, 6.45) is 1.86. The lowest BCUT2D eigenvalue weighted by molar-refractivity contribution is -0.139. The Morgan fingerprint density at radius 2 is 2.33 bits per heavy atom. The Morgan fingerprint density at radius 1 is 1.78 bits per heavy atom. The Balaban J connectivity index is 3.60. The van der Waals surface area contributed by atoms with E-state index in [1.54, 1.807) is 13.0 Å². The summed E-state index contributed by atoms with van der Waals surface area (Å²) in [5.74, 6) is -0.300. The van der Waals surface area contributed by atoms with E-state index in [-0.39, 0.29) is 12.4 Å². The summed E-state index contributed by atoms with van der Waals surface area (Å²) < 4.78 is 4.36. The zero-order valence-electron chi connectivity index (χ0n) is 5.68. The average Bonchev–Trinajstić information content (AvgIpc) is 1.87. The van der Waals surface area contributed by atoms with Crippen LogP contribution < -0.4 is 5.73 Å². The second-order valence-corrected chi connectivity index (χ2v) is 1.62. The number of ether oxygens (including phenoxy) is 1. The normalized spacial score (nSPS) is 11.1. The maximum absolute atomic E-state index is 10.4. The van der Waals surface area contributed by atoms with Crippen LogP contribution in [-0.2, 0) is 9.53 Å². The fourth-order valence-corrected chi connectivity index (χ4v) is 0.341. The molecule has 0 bridgehead atoms. The Kier molecular flexibility index (Phi) is 3.51. The van der Waals surface area contributed by atoms with Crippen molar-refractivity contribution in [2.24, 2.45) is 5.73 Å². The number of hydrogen-bond donors (Lipinski definition) is 1. The van der Waals surface area contributed by atoms with Crippen LogP contribution in [0.5, 0.6) is 0 Å². The van der Waals surface area contributed by atoms with Gasteiger partial charge in [0.05, 0.1) is 13.5 Å². The smallest absolute Gasteiger partial charge is 0.311 e. The van der Waals surface area contributed by atoms with Crippen LogP contribution in [-0.4, -0.2) is 13.1 Å². The van der Waals surface area contributed by atoms with Crippen LogP contribution in [0.2, 0.25) is 0 Å². The van der Waals surface area contributed by atoms with E-state index in [1.807, 2.05) is 0 Å². The van der Waals surface area contributed by atoms with E-state index >= 15 is 0 Å². The highest BCUT2D eigenvalue weighted by atomic mass is 16.5.